The lowest BCUT2D eigenvalue weighted by Gasteiger charge is -2.34. The summed E-state index contributed by atoms with van der Waals surface area (Å²) >= 11 is 1.55. The summed E-state index contributed by atoms with van der Waals surface area (Å²) in [5, 5.41) is 14.1. The number of thiazole rings is 1. The number of carbonyl (C=O) groups is 2. The molecule has 6 nitrogen and oxygen atoms in total. The minimum absolute atomic E-state index is 0.109. The molecule has 1 aromatic heterocycles. The molecule has 2 aliphatic rings. The fourth-order valence-electron chi connectivity index (χ4n) is 5.07. The topological polar surface area (TPSA) is 79.7 Å². The smallest absolute Gasteiger partial charge is 0.299 e. The third-order valence-corrected chi connectivity index (χ3v) is 7.59. The number of benzene rings is 2. The van der Waals surface area contributed by atoms with Gasteiger partial charge in [-0.15, -0.1) is 11.3 Å². The molecular weight excluding hydrogens is 448 g/mol. The van der Waals surface area contributed by atoms with Crippen molar-refractivity contribution in [2.24, 2.45) is 5.92 Å². The van der Waals surface area contributed by atoms with Crippen LogP contribution in [0.15, 0.2) is 65.7 Å². The minimum atomic E-state index is -0.632. The molecule has 2 aromatic carbocycles. The van der Waals surface area contributed by atoms with E-state index in [9.17, 15) is 14.7 Å². The molecule has 1 saturated carbocycles. The highest BCUT2D eigenvalue weighted by Crippen LogP contribution is 2.41. The number of carbonyl (C=O) groups excluding carboxylic acids is 2. The second-order valence-electron chi connectivity index (χ2n) is 8.72. The first-order valence-corrected chi connectivity index (χ1v) is 12.4. The maximum absolute atomic E-state index is 13.3. The molecule has 174 valence electrons. The first kappa shape index (κ1) is 22.3. The van der Waals surface area contributed by atoms with Gasteiger partial charge < -0.3 is 9.84 Å². The van der Waals surface area contributed by atoms with Gasteiger partial charge >= 0.3 is 0 Å². The number of anilines is 1. The molecule has 2 fully saturated rings. The monoisotopic (exact) mass is 474 g/mol. The maximum atomic E-state index is 13.3. The summed E-state index contributed by atoms with van der Waals surface area (Å²) in [7, 11) is 1.57. The van der Waals surface area contributed by atoms with Crippen molar-refractivity contribution in [3.8, 4) is 16.3 Å². The Labute approximate surface area is 202 Å². The van der Waals surface area contributed by atoms with E-state index in [2.05, 4.69) is 4.98 Å². The zero-order chi connectivity index (χ0) is 23.7. The molecule has 7 heteroatoms. The van der Waals surface area contributed by atoms with Crippen LogP contribution in [0, 0.1) is 5.92 Å². The van der Waals surface area contributed by atoms with Crippen molar-refractivity contribution >= 4 is 34.5 Å². The number of nitrogens with zero attached hydrogens (tertiary/aromatic N) is 2. The number of methoxy groups -OCH3 is 1. The molecule has 1 aliphatic heterocycles. The molecule has 1 unspecified atom stereocenters. The van der Waals surface area contributed by atoms with Gasteiger partial charge in [-0.2, -0.15) is 0 Å². The Morgan fingerprint density at radius 1 is 1.03 bits per heavy atom. The van der Waals surface area contributed by atoms with Gasteiger partial charge in [0.1, 0.15) is 16.5 Å². The third-order valence-electron chi connectivity index (χ3n) is 6.77. The van der Waals surface area contributed by atoms with Crippen LogP contribution < -0.4 is 9.64 Å². The number of aliphatic hydroxyl groups excluding tert-OH is 1. The number of rotatable bonds is 5. The molecular formula is C27H26N2O4S. The third kappa shape index (κ3) is 4.01. The van der Waals surface area contributed by atoms with Crippen LogP contribution in [0.5, 0.6) is 5.75 Å². The van der Waals surface area contributed by atoms with Crippen molar-refractivity contribution in [2.75, 3.05) is 12.0 Å². The summed E-state index contributed by atoms with van der Waals surface area (Å²) < 4.78 is 5.21. The standard InChI is InChI=1S/C27H26N2O4S/c1-33-21-13-9-18(10-14-21)24(30)22-23(17-5-3-2-4-6-17)29(27(32)25(22)31)20-11-7-19(8-12-20)26-28-15-16-34-26/h7-17,23,30H,2-6H2,1H3/b24-22-. The molecule has 34 heavy (non-hydrogen) atoms. The Morgan fingerprint density at radius 2 is 1.74 bits per heavy atom. The van der Waals surface area contributed by atoms with E-state index in [0.29, 0.717) is 17.0 Å². The van der Waals surface area contributed by atoms with Crippen LogP contribution in [0.2, 0.25) is 0 Å². The van der Waals surface area contributed by atoms with Crippen molar-refractivity contribution in [1.82, 2.24) is 4.98 Å². The zero-order valence-corrected chi connectivity index (χ0v) is 19.8. The summed E-state index contributed by atoms with van der Waals surface area (Å²) in [6.45, 7) is 0. The SMILES string of the molecule is COc1ccc(/C(O)=C2/C(=O)C(=O)N(c3ccc(-c4nccs4)cc3)C2C2CCCCC2)cc1. The van der Waals surface area contributed by atoms with Crippen molar-refractivity contribution in [3.05, 3.63) is 71.2 Å². The first-order chi connectivity index (χ1) is 16.6. The van der Waals surface area contributed by atoms with Crippen LogP contribution in [0.4, 0.5) is 5.69 Å². The van der Waals surface area contributed by atoms with Gasteiger partial charge in [-0.3, -0.25) is 14.5 Å². The Hall–Kier alpha value is -3.45. The van der Waals surface area contributed by atoms with Gasteiger partial charge in [0.2, 0.25) is 0 Å². The number of aromatic nitrogens is 1. The Kier molecular flexibility index (Phi) is 6.20. The van der Waals surface area contributed by atoms with E-state index in [1.807, 2.05) is 29.6 Å². The van der Waals surface area contributed by atoms with Crippen molar-refractivity contribution in [1.29, 1.82) is 0 Å². The Morgan fingerprint density at radius 3 is 2.35 bits per heavy atom. The molecule has 0 radical (unpaired) electrons. The predicted molar refractivity (Wildman–Crippen MR) is 133 cm³/mol. The quantitative estimate of drug-likeness (QED) is 0.294. The van der Waals surface area contributed by atoms with E-state index in [1.54, 1.807) is 53.8 Å². The summed E-state index contributed by atoms with van der Waals surface area (Å²) in [6.07, 6.45) is 6.84. The lowest BCUT2D eigenvalue weighted by atomic mass is 9.80. The lowest BCUT2D eigenvalue weighted by molar-refractivity contribution is -0.132. The summed E-state index contributed by atoms with van der Waals surface area (Å²) in [5.74, 6) is -0.585. The number of amides is 1. The molecule has 3 aromatic rings. The van der Waals surface area contributed by atoms with Gasteiger partial charge in [0.05, 0.1) is 18.7 Å². The molecule has 1 N–H and O–H groups in total. The van der Waals surface area contributed by atoms with E-state index in [-0.39, 0.29) is 17.3 Å². The van der Waals surface area contributed by atoms with E-state index in [4.69, 9.17) is 4.74 Å². The van der Waals surface area contributed by atoms with Crippen LogP contribution in [0.1, 0.15) is 37.7 Å². The van der Waals surface area contributed by atoms with Crippen LogP contribution in [-0.4, -0.2) is 34.9 Å². The van der Waals surface area contributed by atoms with Crippen LogP contribution in [0.3, 0.4) is 0 Å². The predicted octanol–water partition coefficient (Wildman–Crippen LogP) is 5.65. The number of ether oxygens (including phenoxy) is 1. The maximum Gasteiger partial charge on any atom is 0.299 e. The highest BCUT2D eigenvalue weighted by Gasteiger charge is 2.49. The average Bonchev–Trinajstić information content (AvgIpc) is 3.52. The Balaban J connectivity index is 1.58. The second kappa shape index (κ2) is 9.43. The molecule has 0 bridgehead atoms. The average molecular weight is 475 g/mol. The van der Waals surface area contributed by atoms with Gasteiger partial charge in [0.25, 0.3) is 11.7 Å². The van der Waals surface area contributed by atoms with Gasteiger partial charge in [-0.05, 0) is 67.3 Å². The summed E-state index contributed by atoms with van der Waals surface area (Å²) in [6, 6.07) is 14.0. The van der Waals surface area contributed by atoms with E-state index in [1.165, 1.54) is 0 Å². The highest BCUT2D eigenvalue weighted by molar-refractivity contribution is 7.13. The number of Topliss-reactive ketones (excluding diaryl/α,β-unsaturated/α-hetero) is 1. The van der Waals surface area contributed by atoms with Crippen molar-refractivity contribution < 1.29 is 19.4 Å². The normalized spacial score (nSPS) is 20.6. The molecule has 1 aliphatic carbocycles. The molecule has 2 heterocycles. The van der Waals surface area contributed by atoms with Gasteiger partial charge in [0, 0.05) is 28.4 Å². The van der Waals surface area contributed by atoms with Crippen LogP contribution >= 0.6 is 11.3 Å². The van der Waals surface area contributed by atoms with Gasteiger partial charge in [-0.1, -0.05) is 19.3 Å². The number of ketones is 1. The molecule has 1 saturated heterocycles. The summed E-state index contributed by atoms with van der Waals surface area (Å²) in [4.78, 5) is 32.6. The lowest BCUT2D eigenvalue weighted by Crippen LogP contribution is -2.40. The van der Waals surface area contributed by atoms with E-state index in [0.717, 1.165) is 42.7 Å². The fraction of sp³-hybridized carbons (Fsp3) is 0.296. The number of aliphatic hydroxyl groups is 1. The molecule has 1 amide bonds. The van der Waals surface area contributed by atoms with Crippen molar-refractivity contribution in [3.63, 3.8) is 0 Å². The van der Waals surface area contributed by atoms with Crippen molar-refractivity contribution in [2.45, 2.75) is 38.1 Å². The summed E-state index contributed by atoms with van der Waals surface area (Å²) in [5.41, 5.74) is 2.32. The number of hydrogen-bond donors (Lipinski definition) is 1. The van der Waals surface area contributed by atoms with Crippen LogP contribution in [0.25, 0.3) is 16.3 Å². The van der Waals surface area contributed by atoms with E-state index >= 15 is 0 Å². The molecule has 1 atom stereocenters. The minimum Gasteiger partial charge on any atom is -0.507 e. The first-order valence-electron chi connectivity index (χ1n) is 11.5. The second-order valence-corrected chi connectivity index (χ2v) is 9.62. The van der Waals surface area contributed by atoms with Gasteiger partial charge in [-0.25, -0.2) is 4.98 Å². The molecule has 0 spiro atoms. The van der Waals surface area contributed by atoms with Crippen LogP contribution in [-0.2, 0) is 9.59 Å². The molecule has 5 rings (SSSR count). The van der Waals surface area contributed by atoms with Gasteiger partial charge in [0.15, 0.2) is 0 Å². The van der Waals surface area contributed by atoms with E-state index < -0.39 is 17.7 Å². The fourth-order valence-corrected chi connectivity index (χ4v) is 5.72. The number of hydrogen-bond acceptors (Lipinski definition) is 6. The zero-order valence-electron chi connectivity index (χ0n) is 18.9. The largest absolute Gasteiger partial charge is 0.507 e. The Bertz CT molecular complexity index is 1210. The highest BCUT2D eigenvalue weighted by atomic mass is 32.1.